The van der Waals surface area contributed by atoms with Crippen LogP contribution in [0, 0.1) is 11.8 Å². The van der Waals surface area contributed by atoms with Crippen molar-refractivity contribution in [1.29, 1.82) is 0 Å². The first-order chi connectivity index (χ1) is 10.9. The van der Waals surface area contributed by atoms with E-state index < -0.39 is 5.60 Å². The van der Waals surface area contributed by atoms with Crippen LogP contribution in [0.2, 0.25) is 0 Å². The first-order valence-electron chi connectivity index (χ1n) is 9.23. The van der Waals surface area contributed by atoms with E-state index in [9.17, 15) is 9.90 Å². The maximum absolute atomic E-state index is 11.9. The van der Waals surface area contributed by atoms with Gasteiger partial charge < -0.3 is 20.5 Å². The van der Waals surface area contributed by atoms with Crippen LogP contribution in [0.4, 0.5) is 4.79 Å². The second-order valence-corrected chi connectivity index (χ2v) is 8.18. The molecule has 0 bridgehead atoms. The van der Waals surface area contributed by atoms with Crippen molar-refractivity contribution in [1.82, 2.24) is 10.6 Å². The maximum atomic E-state index is 11.9. The first-order valence-corrected chi connectivity index (χ1v) is 9.23. The second-order valence-electron chi connectivity index (χ2n) is 8.18. The Kier molecular flexibility index (Phi) is 6.72. The summed E-state index contributed by atoms with van der Waals surface area (Å²) in [6, 6.07) is 0.878. The zero-order valence-corrected chi connectivity index (χ0v) is 14.9. The summed E-state index contributed by atoms with van der Waals surface area (Å²) in [6.45, 7) is 6.60. The Morgan fingerprint density at radius 2 is 1.65 bits per heavy atom. The monoisotopic (exact) mass is 326 g/mol. The van der Waals surface area contributed by atoms with Crippen LogP contribution in [0.5, 0.6) is 0 Å². The minimum atomic E-state index is -0.452. The summed E-state index contributed by atoms with van der Waals surface area (Å²) in [4.78, 5) is 11.9. The molecule has 3 N–H and O–H groups in total. The number of hydrogen-bond acceptors (Lipinski definition) is 4. The molecule has 0 spiro atoms. The summed E-state index contributed by atoms with van der Waals surface area (Å²) in [6.07, 6.45) is 7.95. The molecule has 2 aliphatic rings. The predicted octanol–water partition coefficient (Wildman–Crippen LogP) is 2.82. The number of ether oxygens (including phenoxy) is 1. The highest BCUT2D eigenvalue weighted by Crippen LogP contribution is 2.30. The van der Waals surface area contributed by atoms with Crippen LogP contribution in [0.25, 0.3) is 0 Å². The number of carbonyl (C=O) groups excluding carboxylic acids is 1. The molecule has 0 aliphatic heterocycles. The Bertz CT molecular complexity index is 381. The maximum Gasteiger partial charge on any atom is 0.407 e. The largest absolute Gasteiger partial charge is 0.444 e. The van der Waals surface area contributed by atoms with Crippen LogP contribution in [0.15, 0.2) is 0 Å². The lowest BCUT2D eigenvalue weighted by molar-refractivity contribution is 0.0509. The Morgan fingerprint density at radius 1 is 1.04 bits per heavy atom. The zero-order valence-electron chi connectivity index (χ0n) is 14.9. The predicted molar refractivity (Wildman–Crippen MR) is 91.3 cm³/mol. The van der Waals surface area contributed by atoms with Gasteiger partial charge in [-0.1, -0.05) is 19.3 Å². The molecule has 2 rings (SSSR count). The normalized spacial score (nSPS) is 31.8. The fourth-order valence-electron chi connectivity index (χ4n) is 3.95. The number of hydrogen-bond donors (Lipinski definition) is 3. The number of amides is 1. The molecule has 23 heavy (non-hydrogen) atoms. The molecule has 0 saturated heterocycles. The van der Waals surface area contributed by atoms with Gasteiger partial charge in [-0.15, -0.1) is 0 Å². The molecular formula is C18H34N2O3. The van der Waals surface area contributed by atoms with E-state index in [0.29, 0.717) is 30.5 Å². The van der Waals surface area contributed by atoms with Crippen LogP contribution in [0.1, 0.15) is 65.7 Å². The van der Waals surface area contributed by atoms with Crippen molar-refractivity contribution in [3.8, 4) is 0 Å². The van der Waals surface area contributed by atoms with Crippen LogP contribution in [-0.2, 0) is 4.74 Å². The van der Waals surface area contributed by atoms with Gasteiger partial charge in [0.05, 0.1) is 0 Å². The van der Waals surface area contributed by atoms with Crippen molar-refractivity contribution in [2.24, 2.45) is 11.8 Å². The molecule has 2 saturated carbocycles. The highest BCUT2D eigenvalue weighted by Gasteiger charge is 2.32. The third-order valence-corrected chi connectivity index (χ3v) is 5.14. The number of rotatable bonds is 5. The summed E-state index contributed by atoms with van der Waals surface area (Å²) in [5.41, 5.74) is -0.452. The highest BCUT2D eigenvalue weighted by molar-refractivity contribution is 5.67. The number of alkyl carbamates (subject to hydrolysis) is 1. The Labute approximate surface area is 140 Å². The summed E-state index contributed by atoms with van der Waals surface area (Å²) in [7, 11) is 0. The van der Waals surface area contributed by atoms with Gasteiger partial charge in [0.15, 0.2) is 0 Å². The van der Waals surface area contributed by atoms with E-state index in [1.807, 2.05) is 20.8 Å². The molecule has 134 valence electrons. The van der Waals surface area contributed by atoms with Gasteiger partial charge in [0.1, 0.15) is 5.60 Å². The zero-order chi connectivity index (χ0) is 16.9. The molecule has 5 heteroatoms. The molecule has 0 aromatic carbocycles. The third-order valence-electron chi connectivity index (χ3n) is 5.14. The Morgan fingerprint density at radius 3 is 2.35 bits per heavy atom. The van der Waals surface area contributed by atoms with Gasteiger partial charge >= 0.3 is 6.09 Å². The summed E-state index contributed by atoms with van der Waals surface area (Å²) in [5, 5.41) is 16.2. The van der Waals surface area contributed by atoms with E-state index in [1.165, 1.54) is 19.3 Å². The van der Waals surface area contributed by atoms with E-state index in [-0.39, 0.29) is 12.7 Å². The van der Waals surface area contributed by atoms with Gasteiger partial charge in [-0.25, -0.2) is 4.79 Å². The Balaban J connectivity index is 1.82. The van der Waals surface area contributed by atoms with E-state index in [4.69, 9.17) is 4.74 Å². The molecule has 0 heterocycles. The van der Waals surface area contributed by atoms with Crippen molar-refractivity contribution < 1.29 is 14.6 Å². The van der Waals surface area contributed by atoms with Gasteiger partial charge in [0.25, 0.3) is 0 Å². The molecule has 0 aromatic rings. The SMILES string of the molecule is CC(C)(C)OC(=O)NCC1CCCCC1NC1CCCC1CO. The molecule has 2 aliphatic carbocycles. The number of aliphatic hydroxyl groups is 1. The quantitative estimate of drug-likeness (QED) is 0.726. The second kappa shape index (κ2) is 8.34. The van der Waals surface area contributed by atoms with Crippen molar-refractivity contribution in [3.63, 3.8) is 0 Å². The highest BCUT2D eigenvalue weighted by atomic mass is 16.6. The minimum Gasteiger partial charge on any atom is -0.444 e. The number of nitrogens with one attached hydrogen (secondary N) is 2. The summed E-state index contributed by atoms with van der Waals surface area (Å²) in [5.74, 6) is 0.854. The molecular weight excluding hydrogens is 292 g/mol. The van der Waals surface area contributed by atoms with Crippen LogP contribution >= 0.6 is 0 Å². The summed E-state index contributed by atoms with van der Waals surface area (Å²) >= 11 is 0. The van der Waals surface area contributed by atoms with Crippen LogP contribution in [0.3, 0.4) is 0 Å². The van der Waals surface area contributed by atoms with Gasteiger partial charge in [-0.3, -0.25) is 0 Å². The molecule has 4 unspecified atom stereocenters. The minimum absolute atomic E-state index is 0.283. The lowest BCUT2D eigenvalue weighted by Gasteiger charge is -2.36. The number of carbonyl (C=O) groups is 1. The molecule has 0 aromatic heterocycles. The van der Waals surface area contributed by atoms with E-state index in [1.54, 1.807) is 0 Å². The fraction of sp³-hybridized carbons (Fsp3) is 0.944. The molecule has 4 atom stereocenters. The van der Waals surface area contributed by atoms with Gasteiger partial charge in [0.2, 0.25) is 0 Å². The van der Waals surface area contributed by atoms with E-state index in [2.05, 4.69) is 10.6 Å². The molecule has 5 nitrogen and oxygen atoms in total. The molecule has 0 radical (unpaired) electrons. The van der Waals surface area contributed by atoms with Crippen molar-refractivity contribution >= 4 is 6.09 Å². The topological polar surface area (TPSA) is 70.6 Å². The Hall–Kier alpha value is -0.810. The van der Waals surface area contributed by atoms with Gasteiger partial charge in [0, 0.05) is 25.2 Å². The van der Waals surface area contributed by atoms with Crippen molar-refractivity contribution in [3.05, 3.63) is 0 Å². The standard InChI is InChI=1S/C18H34N2O3/c1-18(2,3)23-17(22)19-11-13-7-4-5-9-15(13)20-16-10-6-8-14(16)12-21/h13-16,20-21H,4-12H2,1-3H3,(H,19,22). The number of aliphatic hydroxyl groups excluding tert-OH is 1. The lowest BCUT2D eigenvalue weighted by Crippen LogP contribution is -2.49. The van der Waals surface area contributed by atoms with Gasteiger partial charge in [-0.05, 0) is 58.3 Å². The molecule has 2 fully saturated rings. The van der Waals surface area contributed by atoms with Crippen molar-refractivity contribution in [2.45, 2.75) is 83.4 Å². The van der Waals surface area contributed by atoms with Crippen molar-refractivity contribution in [2.75, 3.05) is 13.2 Å². The van der Waals surface area contributed by atoms with E-state index in [0.717, 1.165) is 25.7 Å². The summed E-state index contributed by atoms with van der Waals surface area (Å²) < 4.78 is 5.33. The fourth-order valence-corrected chi connectivity index (χ4v) is 3.95. The van der Waals surface area contributed by atoms with Crippen LogP contribution < -0.4 is 10.6 Å². The van der Waals surface area contributed by atoms with Gasteiger partial charge in [-0.2, -0.15) is 0 Å². The third kappa shape index (κ3) is 5.96. The molecule has 1 amide bonds. The average molecular weight is 326 g/mol. The smallest absolute Gasteiger partial charge is 0.407 e. The van der Waals surface area contributed by atoms with E-state index >= 15 is 0 Å². The first kappa shape index (κ1) is 18.5. The van der Waals surface area contributed by atoms with Crippen LogP contribution in [-0.4, -0.2) is 42.0 Å². The lowest BCUT2D eigenvalue weighted by atomic mass is 9.83. The average Bonchev–Trinajstić information content (AvgIpc) is 2.92.